The Morgan fingerprint density at radius 3 is 2.71 bits per heavy atom. The van der Waals surface area contributed by atoms with Crippen molar-refractivity contribution in [2.24, 2.45) is 0 Å². The fraction of sp³-hybridized carbons (Fsp3) is 0.286. The van der Waals surface area contributed by atoms with E-state index in [9.17, 15) is 0 Å². The Labute approximate surface area is 110 Å². The molecule has 3 heteroatoms. The second kappa shape index (κ2) is 5.07. The Kier molecular flexibility index (Phi) is 3.69. The van der Waals surface area contributed by atoms with E-state index in [4.69, 9.17) is 4.42 Å². The molecule has 2 aromatic rings. The van der Waals surface area contributed by atoms with Gasteiger partial charge in [0.2, 0.25) is 0 Å². The third-order valence-corrected chi connectivity index (χ3v) is 3.44. The molecule has 0 aliphatic heterocycles. The second-order valence-electron chi connectivity index (χ2n) is 4.17. The molecule has 0 saturated heterocycles. The molecule has 1 atom stereocenters. The van der Waals surface area contributed by atoms with Gasteiger partial charge in [-0.15, -0.1) is 0 Å². The standard InChI is InChI=1S/C14H16BrNO/c1-9-4-5-11(15)8-12(9)14-7-6-13(17-14)10(2)16-3/h4-8,10,16H,1-3H3. The van der Waals surface area contributed by atoms with Crippen molar-refractivity contribution in [2.75, 3.05) is 7.05 Å². The van der Waals surface area contributed by atoms with Crippen LogP contribution in [0.1, 0.15) is 24.3 Å². The lowest BCUT2D eigenvalue weighted by Gasteiger charge is -2.07. The summed E-state index contributed by atoms with van der Waals surface area (Å²) in [6, 6.07) is 10.5. The van der Waals surface area contributed by atoms with Crippen LogP contribution in [0.25, 0.3) is 11.3 Å². The third-order valence-electron chi connectivity index (χ3n) is 2.95. The van der Waals surface area contributed by atoms with E-state index in [0.29, 0.717) is 0 Å². The van der Waals surface area contributed by atoms with Crippen molar-refractivity contribution >= 4 is 15.9 Å². The predicted octanol–water partition coefficient (Wildman–Crippen LogP) is 4.30. The molecule has 0 spiro atoms. The van der Waals surface area contributed by atoms with Crippen LogP contribution < -0.4 is 5.32 Å². The van der Waals surface area contributed by atoms with Crippen molar-refractivity contribution < 1.29 is 4.42 Å². The molecule has 0 radical (unpaired) electrons. The average Bonchev–Trinajstić information content (AvgIpc) is 2.80. The van der Waals surface area contributed by atoms with Gasteiger partial charge in [0, 0.05) is 10.0 Å². The fourth-order valence-electron chi connectivity index (χ4n) is 1.73. The van der Waals surface area contributed by atoms with Crippen LogP contribution in [0.5, 0.6) is 0 Å². The van der Waals surface area contributed by atoms with Crippen molar-refractivity contribution in [3.05, 3.63) is 46.1 Å². The first-order valence-electron chi connectivity index (χ1n) is 5.65. The highest BCUT2D eigenvalue weighted by atomic mass is 79.9. The minimum Gasteiger partial charge on any atom is -0.459 e. The predicted molar refractivity (Wildman–Crippen MR) is 74.1 cm³/mol. The molecule has 1 unspecified atom stereocenters. The lowest BCUT2D eigenvalue weighted by atomic mass is 10.1. The Balaban J connectivity index is 2.40. The fourth-order valence-corrected chi connectivity index (χ4v) is 2.09. The molecule has 1 aromatic carbocycles. The minimum absolute atomic E-state index is 0.233. The number of rotatable bonds is 3. The summed E-state index contributed by atoms with van der Waals surface area (Å²) in [4.78, 5) is 0. The topological polar surface area (TPSA) is 25.2 Å². The number of hydrogen-bond donors (Lipinski definition) is 1. The van der Waals surface area contributed by atoms with E-state index in [-0.39, 0.29) is 6.04 Å². The number of aryl methyl sites for hydroxylation is 1. The lowest BCUT2D eigenvalue weighted by molar-refractivity contribution is 0.458. The molecule has 0 amide bonds. The first-order chi connectivity index (χ1) is 8.11. The van der Waals surface area contributed by atoms with Gasteiger partial charge in [-0.25, -0.2) is 0 Å². The Hall–Kier alpha value is -1.06. The van der Waals surface area contributed by atoms with Crippen LogP contribution in [-0.4, -0.2) is 7.05 Å². The monoisotopic (exact) mass is 293 g/mol. The zero-order valence-corrected chi connectivity index (χ0v) is 11.8. The summed E-state index contributed by atoms with van der Waals surface area (Å²) in [5.41, 5.74) is 2.35. The van der Waals surface area contributed by atoms with Gasteiger partial charge in [-0.05, 0) is 50.7 Å². The molecular weight excluding hydrogens is 278 g/mol. The van der Waals surface area contributed by atoms with E-state index in [1.165, 1.54) is 5.56 Å². The highest BCUT2D eigenvalue weighted by Gasteiger charge is 2.11. The number of furan rings is 1. The molecule has 1 aromatic heterocycles. The quantitative estimate of drug-likeness (QED) is 0.913. The molecular formula is C14H16BrNO. The molecule has 90 valence electrons. The second-order valence-corrected chi connectivity index (χ2v) is 5.09. The summed E-state index contributed by atoms with van der Waals surface area (Å²) in [7, 11) is 1.93. The zero-order chi connectivity index (χ0) is 12.4. The molecule has 1 N–H and O–H groups in total. The largest absolute Gasteiger partial charge is 0.459 e. The van der Waals surface area contributed by atoms with E-state index in [1.807, 2.05) is 25.2 Å². The van der Waals surface area contributed by atoms with Crippen molar-refractivity contribution in [2.45, 2.75) is 19.9 Å². The van der Waals surface area contributed by atoms with Gasteiger partial charge < -0.3 is 9.73 Å². The molecule has 2 nitrogen and oxygen atoms in total. The van der Waals surface area contributed by atoms with Gasteiger partial charge in [0.05, 0.1) is 6.04 Å². The third kappa shape index (κ3) is 2.61. The molecule has 0 bridgehead atoms. The number of hydrogen-bond acceptors (Lipinski definition) is 2. The zero-order valence-electron chi connectivity index (χ0n) is 10.3. The maximum absolute atomic E-state index is 5.87. The summed E-state index contributed by atoms with van der Waals surface area (Å²) < 4.78 is 6.94. The van der Waals surface area contributed by atoms with E-state index in [2.05, 4.69) is 47.2 Å². The summed E-state index contributed by atoms with van der Waals surface area (Å²) in [5, 5.41) is 3.17. The van der Waals surface area contributed by atoms with Crippen molar-refractivity contribution in [3.63, 3.8) is 0 Å². The number of benzene rings is 1. The van der Waals surface area contributed by atoms with Crippen molar-refractivity contribution in [1.82, 2.24) is 5.32 Å². The van der Waals surface area contributed by atoms with Gasteiger partial charge in [0.1, 0.15) is 11.5 Å². The molecule has 1 heterocycles. The van der Waals surface area contributed by atoms with Gasteiger partial charge in [0.15, 0.2) is 0 Å². The normalized spacial score (nSPS) is 12.7. The highest BCUT2D eigenvalue weighted by molar-refractivity contribution is 9.10. The first kappa shape index (κ1) is 12.4. The van der Waals surface area contributed by atoms with Gasteiger partial charge >= 0.3 is 0 Å². The van der Waals surface area contributed by atoms with Crippen LogP contribution in [0.2, 0.25) is 0 Å². The molecule has 2 rings (SSSR count). The molecule has 0 fully saturated rings. The van der Waals surface area contributed by atoms with Crippen LogP contribution in [0.4, 0.5) is 0 Å². The summed E-state index contributed by atoms with van der Waals surface area (Å²) in [6.07, 6.45) is 0. The van der Waals surface area contributed by atoms with Crippen LogP contribution >= 0.6 is 15.9 Å². The van der Waals surface area contributed by atoms with Crippen molar-refractivity contribution in [3.8, 4) is 11.3 Å². The van der Waals surface area contributed by atoms with E-state index >= 15 is 0 Å². The Morgan fingerprint density at radius 2 is 2.00 bits per heavy atom. The van der Waals surface area contributed by atoms with Gasteiger partial charge in [-0.1, -0.05) is 22.0 Å². The molecule has 0 saturated carbocycles. The van der Waals surface area contributed by atoms with Gasteiger partial charge in [-0.3, -0.25) is 0 Å². The van der Waals surface area contributed by atoms with E-state index in [0.717, 1.165) is 21.6 Å². The van der Waals surface area contributed by atoms with Gasteiger partial charge in [0.25, 0.3) is 0 Å². The Morgan fingerprint density at radius 1 is 1.24 bits per heavy atom. The Bertz CT molecular complexity index is 519. The summed E-state index contributed by atoms with van der Waals surface area (Å²) in [5.74, 6) is 1.88. The maximum Gasteiger partial charge on any atom is 0.134 e. The highest BCUT2D eigenvalue weighted by Crippen LogP contribution is 2.29. The van der Waals surface area contributed by atoms with Crippen LogP contribution in [0, 0.1) is 6.92 Å². The average molecular weight is 294 g/mol. The lowest BCUT2D eigenvalue weighted by Crippen LogP contribution is -2.11. The van der Waals surface area contributed by atoms with Crippen molar-refractivity contribution in [1.29, 1.82) is 0 Å². The van der Waals surface area contributed by atoms with E-state index < -0.39 is 0 Å². The summed E-state index contributed by atoms with van der Waals surface area (Å²) >= 11 is 3.49. The van der Waals surface area contributed by atoms with Gasteiger partial charge in [-0.2, -0.15) is 0 Å². The SMILES string of the molecule is CNC(C)c1ccc(-c2cc(Br)ccc2C)o1. The minimum atomic E-state index is 0.233. The number of halogens is 1. The smallest absolute Gasteiger partial charge is 0.134 e. The first-order valence-corrected chi connectivity index (χ1v) is 6.44. The molecule has 17 heavy (non-hydrogen) atoms. The van der Waals surface area contributed by atoms with Crippen LogP contribution in [0.15, 0.2) is 39.2 Å². The maximum atomic E-state index is 5.87. The molecule has 0 aliphatic rings. The van der Waals surface area contributed by atoms with E-state index in [1.54, 1.807) is 0 Å². The number of nitrogens with one attached hydrogen (secondary N) is 1. The molecule has 0 aliphatic carbocycles. The van der Waals surface area contributed by atoms with Crippen LogP contribution in [-0.2, 0) is 0 Å². The van der Waals surface area contributed by atoms with Crippen LogP contribution in [0.3, 0.4) is 0 Å². The summed E-state index contributed by atoms with van der Waals surface area (Å²) in [6.45, 7) is 4.17.